The van der Waals surface area contributed by atoms with Crippen LogP contribution in [0.15, 0.2) is 60.3 Å². The zero-order valence-corrected chi connectivity index (χ0v) is 17.3. The van der Waals surface area contributed by atoms with E-state index in [0.29, 0.717) is 12.1 Å². The number of likely N-dealkylation sites (N-methyl/N-ethyl adjacent to an activating group) is 2. The van der Waals surface area contributed by atoms with Crippen LogP contribution >= 0.6 is 12.2 Å². The lowest BCUT2D eigenvalue weighted by Crippen LogP contribution is -2.52. The predicted octanol–water partition coefficient (Wildman–Crippen LogP) is 3.16. The van der Waals surface area contributed by atoms with Crippen molar-refractivity contribution >= 4 is 46.1 Å². The van der Waals surface area contributed by atoms with Crippen molar-refractivity contribution in [1.29, 1.82) is 5.26 Å². The lowest BCUT2D eigenvalue weighted by atomic mass is 10.1. The normalized spacial score (nSPS) is 14.4. The minimum absolute atomic E-state index is 0.0638. The molecule has 0 N–H and O–H groups in total. The van der Waals surface area contributed by atoms with E-state index >= 15 is 0 Å². The third kappa shape index (κ3) is 3.17. The smallest absolute Gasteiger partial charge is 0.265 e. The van der Waals surface area contributed by atoms with Gasteiger partial charge in [0.15, 0.2) is 5.11 Å². The molecule has 7 heteroatoms. The second-order valence-electron chi connectivity index (χ2n) is 7.07. The van der Waals surface area contributed by atoms with Crippen LogP contribution in [0.2, 0.25) is 0 Å². The average Bonchev–Trinajstić information content (AvgIpc) is 3.11. The highest BCUT2D eigenvalue weighted by atomic mass is 32.1. The summed E-state index contributed by atoms with van der Waals surface area (Å²) in [6, 6.07) is 17.4. The van der Waals surface area contributed by atoms with E-state index in [1.54, 1.807) is 26.2 Å². The summed E-state index contributed by atoms with van der Waals surface area (Å²) in [5, 5.41) is 10.5. The van der Waals surface area contributed by atoms with Gasteiger partial charge < -0.3 is 4.57 Å². The lowest BCUT2D eigenvalue weighted by molar-refractivity contribution is -0.132. The van der Waals surface area contributed by atoms with Crippen LogP contribution in [0.25, 0.3) is 17.0 Å². The first-order valence-electron chi connectivity index (χ1n) is 9.30. The van der Waals surface area contributed by atoms with Gasteiger partial charge in [-0.2, -0.15) is 5.26 Å². The summed E-state index contributed by atoms with van der Waals surface area (Å²) >= 11 is 5.15. The van der Waals surface area contributed by atoms with Crippen molar-refractivity contribution in [3.63, 3.8) is 0 Å². The minimum atomic E-state index is -0.422. The number of hydrogen-bond acceptors (Lipinski definition) is 4. The minimum Gasteiger partial charge on any atom is -0.342 e. The van der Waals surface area contributed by atoms with E-state index in [-0.39, 0.29) is 10.7 Å². The first-order valence-corrected chi connectivity index (χ1v) is 9.71. The molecule has 148 valence electrons. The zero-order valence-electron chi connectivity index (χ0n) is 16.5. The summed E-state index contributed by atoms with van der Waals surface area (Å²) in [4.78, 5) is 28.0. The number of amides is 2. The van der Waals surface area contributed by atoms with E-state index in [0.717, 1.165) is 22.0 Å². The fraction of sp³-hybridized carbons (Fsp3) is 0.130. The van der Waals surface area contributed by atoms with E-state index in [9.17, 15) is 14.9 Å². The van der Waals surface area contributed by atoms with Gasteiger partial charge in [-0.25, -0.2) is 0 Å². The van der Waals surface area contributed by atoms with E-state index in [1.165, 1.54) is 9.80 Å². The predicted molar refractivity (Wildman–Crippen MR) is 118 cm³/mol. The zero-order chi connectivity index (χ0) is 21.4. The Kier molecular flexibility index (Phi) is 4.94. The Balaban J connectivity index is 1.83. The van der Waals surface area contributed by atoms with Crippen molar-refractivity contribution in [3.05, 3.63) is 77.0 Å². The summed E-state index contributed by atoms with van der Waals surface area (Å²) in [5.74, 6) is -0.843. The molecule has 0 bridgehead atoms. The van der Waals surface area contributed by atoms with Gasteiger partial charge in [-0.1, -0.05) is 36.4 Å². The molecule has 3 aromatic rings. The highest BCUT2D eigenvalue weighted by Gasteiger charge is 2.35. The van der Waals surface area contributed by atoms with Crippen LogP contribution in [0.5, 0.6) is 0 Å². The average molecular weight is 414 g/mol. The molecule has 0 unspecified atom stereocenters. The summed E-state index contributed by atoms with van der Waals surface area (Å²) in [6.45, 7) is 0.499. The van der Waals surface area contributed by atoms with Gasteiger partial charge in [0, 0.05) is 43.3 Å². The second-order valence-corrected chi connectivity index (χ2v) is 7.43. The number of fused-ring (bicyclic) bond motifs is 1. The van der Waals surface area contributed by atoms with Crippen LogP contribution in [-0.2, 0) is 16.1 Å². The molecule has 2 heterocycles. The van der Waals surface area contributed by atoms with Gasteiger partial charge in [-0.3, -0.25) is 19.4 Å². The maximum absolute atomic E-state index is 12.7. The number of thiocarbonyl (C=S) groups is 1. The van der Waals surface area contributed by atoms with Crippen LogP contribution in [-0.4, -0.2) is 45.4 Å². The molecule has 2 aromatic carbocycles. The molecular weight excluding hydrogens is 396 g/mol. The molecule has 1 saturated heterocycles. The molecule has 4 rings (SSSR count). The fourth-order valence-corrected chi connectivity index (χ4v) is 3.77. The molecule has 30 heavy (non-hydrogen) atoms. The SMILES string of the molecule is CN1C(=O)C(=Cc2cn(Cc3ccccc3C#N)c3ccccc23)C(=O)N(C)C1=S. The number of nitriles is 1. The fourth-order valence-electron chi connectivity index (χ4n) is 3.60. The largest absolute Gasteiger partial charge is 0.342 e. The van der Waals surface area contributed by atoms with E-state index in [4.69, 9.17) is 12.2 Å². The van der Waals surface area contributed by atoms with Crippen LogP contribution in [0.1, 0.15) is 16.7 Å². The Bertz CT molecular complexity index is 1260. The highest BCUT2D eigenvalue weighted by molar-refractivity contribution is 7.80. The molecule has 2 amide bonds. The Morgan fingerprint density at radius 2 is 1.63 bits per heavy atom. The van der Waals surface area contributed by atoms with Crippen LogP contribution in [0, 0.1) is 11.3 Å². The van der Waals surface area contributed by atoms with Gasteiger partial charge in [0.1, 0.15) is 5.57 Å². The molecule has 1 aromatic heterocycles. The Hall–Kier alpha value is -3.76. The molecule has 6 nitrogen and oxygen atoms in total. The van der Waals surface area contributed by atoms with Crippen molar-refractivity contribution in [1.82, 2.24) is 14.4 Å². The van der Waals surface area contributed by atoms with Crippen LogP contribution in [0.3, 0.4) is 0 Å². The number of para-hydroxylation sites is 1. The lowest BCUT2D eigenvalue weighted by Gasteiger charge is -2.31. The number of nitrogens with zero attached hydrogens (tertiary/aromatic N) is 4. The molecule has 0 saturated carbocycles. The van der Waals surface area contributed by atoms with E-state index in [2.05, 4.69) is 6.07 Å². The van der Waals surface area contributed by atoms with Gasteiger partial charge in [0.05, 0.1) is 11.6 Å². The number of rotatable bonds is 3. The molecule has 1 fully saturated rings. The Morgan fingerprint density at radius 1 is 1.00 bits per heavy atom. The van der Waals surface area contributed by atoms with E-state index < -0.39 is 11.8 Å². The number of carbonyl (C=O) groups excluding carboxylic acids is 2. The highest BCUT2D eigenvalue weighted by Crippen LogP contribution is 2.27. The summed E-state index contributed by atoms with van der Waals surface area (Å²) in [6.07, 6.45) is 3.52. The van der Waals surface area contributed by atoms with Crippen molar-refractivity contribution in [2.45, 2.75) is 6.54 Å². The van der Waals surface area contributed by atoms with Crippen molar-refractivity contribution < 1.29 is 9.59 Å². The summed E-state index contributed by atoms with van der Waals surface area (Å²) in [7, 11) is 3.12. The summed E-state index contributed by atoms with van der Waals surface area (Å²) in [5.41, 5.74) is 3.28. The number of hydrogen-bond donors (Lipinski definition) is 0. The molecule has 0 atom stereocenters. The van der Waals surface area contributed by atoms with Gasteiger partial charge in [-0.05, 0) is 36.0 Å². The monoisotopic (exact) mass is 414 g/mol. The Labute approximate surface area is 179 Å². The second kappa shape index (κ2) is 7.58. The van der Waals surface area contributed by atoms with Crippen molar-refractivity contribution in [2.75, 3.05) is 14.1 Å². The van der Waals surface area contributed by atoms with Crippen molar-refractivity contribution in [2.24, 2.45) is 0 Å². The molecule has 1 aliphatic heterocycles. The maximum Gasteiger partial charge on any atom is 0.265 e. The standard InChI is InChI=1S/C23H18N4O2S/c1-25-21(28)19(22(29)26(2)23(25)30)11-17-14-27(20-10-6-5-9-18(17)20)13-16-8-4-3-7-15(16)12-24/h3-11,14H,13H2,1-2H3. The van der Waals surface area contributed by atoms with Crippen molar-refractivity contribution in [3.8, 4) is 6.07 Å². The number of carbonyl (C=O) groups is 2. The molecule has 0 spiro atoms. The molecule has 0 aliphatic carbocycles. The van der Waals surface area contributed by atoms with Crippen LogP contribution < -0.4 is 0 Å². The topological polar surface area (TPSA) is 69.3 Å². The molecule has 1 aliphatic rings. The van der Waals surface area contributed by atoms with Crippen LogP contribution in [0.4, 0.5) is 0 Å². The van der Waals surface area contributed by atoms with Gasteiger partial charge in [0.2, 0.25) is 0 Å². The number of benzene rings is 2. The van der Waals surface area contributed by atoms with Gasteiger partial charge >= 0.3 is 0 Å². The molecular formula is C23H18N4O2S. The summed E-state index contributed by atoms with van der Waals surface area (Å²) < 4.78 is 2.02. The third-order valence-corrected chi connectivity index (χ3v) is 5.79. The van der Waals surface area contributed by atoms with Gasteiger partial charge in [0.25, 0.3) is 11.8 Å². The quantitative estimate of drug-likeness (QED) is 0.375. The first kappa shape index (κ1) is 19.6. The third-order valence-electron chi connectivity index (χ3n) is 5.24. The number of aromatic nitrogens is 1. The maximum atomic E-state index is 12.7. The van der Waals surface area contributed by atoms with E-state index in [1.807, 2.05) is 53.2 Å². The Morgan fingerprint density at radius 3 is 2.33 bits per heavy atom. The molecule has 0 radical (unpaired) electrons. The van der Waals surface area contributed by atoms with Gasteiger partial charge in [-0.15, -0.1) is 0 Å². The first-order chi connectivity index (χ1) is 14.4.